The van der Waals surface area contributed by atoms with Crippen molar-refractivity contribution in [2.45, 2.75) is 27.2 Å². The zero-order chi connectivity index (χ0) is 11.7. The first-order valence-corrected chi connectivity index (χ1v) is 5.41. The lowest BCUT2D eigenvalue weighted by atomic mass is 10.1. The standard InChI is InChI=1S/C12H15N3O/c1-8(2)6-10-7-15-5-4-13-11(9(3)16)12(15)14-10/h4-5,7-8H,6H2,1-3H3. The van der Waals surface area contributed by atoms with E-state index < -0.39 is 0 Å². The quantitative estimate of drug-likeness (QED) is 0.740. The normalized spacial score (nSPS) is 11.2. The molecule has 0 unspecified atom stereocenters. The van der Waals surface area contributed by atoms with Gasteiger partial charge in [-0.3, -0.25) is 4.79 Å². The van der Waals surface area contributed by atoms with Crippen LogP contribution in [-0.4, -0.2) is 20.2 Å². The monoisotopic (exact) mass is 217 g/mol. The molecule has 0 aliphatic heterocycles. The van der Waals surface area contributed by atoms with Gasteiger partial charge in [0.05, 0.1) is 5.69 Å². The fourth-order valence-electron chi connectivity index (χ4n) is 1.74. The summed E-state index contributed by atoms with van der Waals surface area (Å²) in [5.74, 6) is 0.506. The molecule has 4 nitrogen and oxygen atoms in total. The number of carbonyl (C=O) groups excluding carboxylic acids is 1. The van der Waals surface area contributed by atoms with Crippen LogP contribution >= 0.6 is 0 Å². The van der Waals surface area contributed by atoms with Crippen LogP contribution in [0.3, 0.4) is 0 Å². The van der Waals surface area contributed by atoms with Gasteiger partial charge in [0.25, 0.3) is 0 Å². The van der Waals surface area contributed by atoms with Crippen molar-refractivity contribution < 1.29 is 4.79 Å². The third kappa shape index (κ3) is 1.96. The molecule has 2 heterocycles. The molecule has 0 bridgehead atoms. The first kappa shape index (κ1) is 10.8. The Bertz CT molecular complexity index is 528. The minimum Gasteiger partial charge on any atom is -0.303 e. The molecule has 0 aliphatic rings. The number of aromatic nitrogens is 3. The average Bonchev–Trinajstić information content (AvgIpc) is 2.57. The van der Waals surface area contributed by atoms with Crippen LogP contribution in [0.2, 0.25) is 0 Å². The highest BCUT2D eigenvalue weighted by atomic mass is 16.1. The Morgan fingerprint density at radius 3 is 2.88 bits per heavy atom. The van der Waals surface area contributed by atoms with E-state index in [0.717, 1.165) is 12.1 Å². The van der Waals surface area contributed by atoms with Crippen molar-refractivity contribution in [1.29, 1.82) is 0 Å². The Labute approximate surface area is 94.3 Å². The molecule has 0 amide bonds. The summed E-state index contributed by atoms with van der Waals surface area (Å²) in [6, 6.07) is 0. The molecule has 0 radical (unpaired) electrons. The van der Waals surface area contributed by atoms with E-state index in [9.17, 15) is 4.79 Å². The predicted octanol–water partition coefficient (Wildman–Crippen LogP) is 2.13. The fourth-order valence-corrected chi connectivity index (χ4v) is 1.74. The van der Waals surface area contributed by atoms with Crippen molar-refractivity contribution in [3.63, 3.8) is 0 Å². The molecule has 0 atom stereocenters. The van der Waals surface area contributed by atoms with Crippen molar-refractivity contribution in [1.82, 2.24) is 14.4 Å². The summed E-state index contributed by atoms with van der Waals surface area (Å²) >= 11 is 0. The van der Waals surface area contributed by atoms with Crippen molar-refractivity contribution in [3.8, 4) is 0 Å². The Morgan fingerprint density at radius 2 is 2.25 bits per heavy atom. The molecular formula is C12H15N3O. The van der Waals surface area contributed by atoms with E-state index >= 15 is 0 Å². The zero-order valence-corrected chi connectivity index (χ0v) is 9.77. The van der Waals surface area contributed by atoms with Crippen molar-refractivity contribution in [2.75, 3.05) is 0 Å². The van der Waals surface area contributed by atoms with Crippen LogP contribution in [-0.2, 0) is 6.42 Å². The van der Waals surface area contributed by atoms with Crippen molar-refractivity contribution >= 4 is 11.4 Å². The van der Waals surface area contributed by atoms with Gasteiger partial charge >= 0.3 is 0 Å². The van der Waals surface area contributed by atoms with Gasteiger partial charge in [0, 0.05) is 25.5 Å². The number of hydrogen-bond donors (Lipinski definition) is 0. The molecule has 0 aromatic carbocycles. The molecule has 0 spiro atoms. The van der Waals surface area contributed by atoms with Crippen LogP contribution in [0.15, 0.2) is 18.6 Å². The maximum Gasteiger partial charge on any atom is 0.181 e. The second-order valence-electron chi connectivity index (χ2n) is 4.39. The van der Waals surface area contributed by atoms with Crippen LogP contribution < -0.4 is 0 Å². The molecule has 2 rings (SSSR count). The topological polar surface area (TPSA) is 47.3 Å². The van der Waals surface area contributed by atoms with Gasteiger partial charge in [-0.1, -0.05) is 13.8 Å². The van der Waals surface area contributed by atoms with Crippen LogP contribution in [0.4, 0.5) is 0 Å². The first-order valence-electron chi connectivity index (χ1n) is 5.41. The summed E-state index contributed by atoms with van der Waals surface area (Å²) in [4.78, 5) is 19.9. The second kappa shape index (κ2) is 4.04. The lowest BCUT2D eigenvalue weighted by molar-refractivity contribution is 0.101. The van der Waals surface area contributed by atoms with E-state index in [4.69, 9.17) is 0 Å². The summed E-state index contributed by atoms with van der Waals surface area (Å²) < 4.78 is 1.86. The number of imidazole rings is 1. The maximum absolute atomic E-state index is 11.4. The molecule has 0 fully saturated rings. The second-order valence-corrected chi connectivity index (χ2v) is 4.39. The van der Waals surface area contributed by atoms with Gasteiger partial charge in [-0.25, -0.2) is 9.97 Å². The van der Waals surface area contributed by atoms with E-state index in [1.165, 1.54) is 6.92 Å². The molecule has 4 heteroatoms. The Hall–Kier alpha value is -1.71. The lowest BCUT2D eigenvalue weighted by Gasteiger charge is -1.98. The van der Waals surface area contributed by atoms with Gasteiger partial charge in [0.1, 0.15) is 5.69 Å². The summed E-state index contributed by atoms with van der Waals surface area (Å²) in [5.41, 5.74) is 2.11. The molecule has 2 aromatic rings. The van der Waals surface area contributed by atoms with Gasteiger partial charge in [-0.15, -0.1) is 0 Å². The average molecular weight is 217 g/mol. The molecule has 16 heavy (non-hydrogen) atoms. The van der Waals surface area contributed by atoms with E-state index in [1.807, 2.05) is 16.8 Å². The molecule has 0 N–H and O–H groups in total. The highest BCUT2D eigenvalue weighted by Crippen LogP contribution is 2.12. The van der Waals surface area contributed by atoms with E-state index in [-0.39, 0.29) is 5.78 Å². The Balaban J connectivity index is 2.52. The molecule has 2 aromatic heterocycles. The summed E-state index contributed by atoms with van der Waals surface area (Å²) in [6.45, 7) is 5.81. The number of carbonyl (C=O) groups is 1. The SMILES string of the molecule is CC(=O)c1nccn2cc(CC(C)C)nc12. The van der Waals surface area contributed by atoms with Gasteiger partial charge in [-0.05, 0) is 12.3 Å². The number of rotatable bonds is 3. The van der Waals surface area contributed by atoms with Gasteiger partial charge in [-0.2, -0.15) is 0 Å². The summed E-state index contributed by atoms with van der Waals surface area (Å²) in [5, 5.41) is 0. The smallest absolute Gasteiger partial charge is 0.181 e. The van der Waals surface area contributed by atoms with E-state index in [1.54, 1.807) is 6.20 Å². The van der Waals surface area contributed by atoms with Crippen LogP contribution in [0.25, 0.3) is 5.65 Å². The minimum absolute atomic E-state index is 0.0488. The fraction of sp³-hybridized carbons (Fsp3) is 0.417. The first-order chi connectivity index (χ1) is 7.58. The molecular weight excluding hydrogens is 202 g/mol. The van der Waals surface area contributed by atoms with E-state index in [2.05, 4.69) is 23.8 Å². The number of hydrogen-bond acceptors (Lipinski definition) is 3. The number of fused-ring (bicyclic) bond motifs is 1. The third-order valence-corrected chi connectivity index (χ3v) is 2.38. The highest BCUT2D eigenvalue weighted by molar-refractivity contribution is 5.97. The maximum atomic E-state index is 11.4. The lowest BCUT2D eigenvalue weighted by Crippen LogP contribution is -2.00. The molecule has 0 saturated heterocycles. The summed E-state index contributed by atoms with van der Waals surface area (Å²) in [6.07, 6.45) is 6.33. The molecule has 84 valence electrons. The number of nitrogens with zero attached hydrogens (tertiary/aromatic N) is 3. The highest BCUT2D eigenvalue weighted by Gasteiger charge is 2.11. The van der Waals surface area contributed by atoms with Crippen molar-refractivity contribution in [2.24, 2.45) is 5.92 Å². The number of Topliss-reactive ketones (excluding diaryl/α,β-unsaturated/α-hetero) is 1. The van der Waals surface area contributed by atoms with E-state index in [0.29, 0.717) is 17.3 Å². The van der Waals surface area contributed by atoms with Gasteiger partial charge in [0.15, 0.2) is 11.4 Å². The van der Waals surface area contributed by atoms with Crippen LogP contribution in [0.1, 0.15) is 37.0 Å². The van der Waals surface area contributed by atoms with Gasteiger partial charge < -0.3 is 4.40 Å². The minimum atomic E-state index is -0.0488. The predicted molar refractivity (Wildman–Crippen MR) is 61.5 cm³/mol. The van der Waals surface area contributed by atoms with Crippen LogP contribution in [0, 0.1) is 5.92 Å². The van der Waals surface area contributed by atoms with Crippen molar-refractivity contribution in [3.05, 3.63) is 30.0 Å². The Morgan fingerprint density at radius 1 is 1.50 bits per heavy atom. The number of ketones is 1. The summed E-state index contributed by atoms with van der Waals surface area (Å²) in [7, 11) is 0. The third-order valence-electron chi connectivity index (χ3n) is 2.38. The Kier molecular flexibility index (Phi) is 2.73. The molecule has 0 aliphatic carbocycles. The van der Waals surface area contributed by atoms with Gasteiger partial charge in [0.2, 0.25) is 0 Å². The zero-order valence-electron chi connectivity index (χ0n) is 9.77. The largest absolute Gasteiger partial charge is 0.303 e. The van der Waals surface area contributed by atoms with Crippen LogP contribution in [0.5, 0.6) is 0 Å². The molecule has 0 saturated carbocycles.